The van der Waals surface area contributed by atoms with Crippen LogP contribution in [-0.4, -0.2) is 28.4 Å². The summed E-state index contributed by atoms with van der Waals surface area (Å²) in [7, 11) is 0. The van der Waals surface area contributed by atoms with Crippen molar-refractivity contribution < 1.29 is 9.52 Å². The first-order valence-corrected chi connectivity index (χ1v) is 5.66. The summed E-state index contributed by atoms with van der Waals surface area (Å²) >= 11 is 0. The second-order valence-corrected chi connectivity index (χ2v) is 4.18. The Balaban J connectivity index is 1.86. The van der Waals surface area contributed by atoms with Gasteiger partial charge in [-0.05, 0) is 37.2 Å². The van der Waals surface area contributed by atoms with Gasteiger partial charge in [0, 0.05) is 12.1 Å². The summed E-state index contributed by atoms with van der Waals surface area (Å²) in [6.45, 7) is 1.90. The maximum absolute atomic E-state index is 9.21. The van der Waals surface area contributed by atoms with Crippen molar-refractivity contribution in [2.45, 2.75) is 12.3 Å². The first kappa shape index (κ1) is 10.3. The Hall–Kier alpha value is -1.88. The lowest BCUT2D eigenvalue weighted by Crippen LogP contribution is -2.08. The van der Waals surface area contributed by atoms with Crippen molar-refractivity contribution in [2.75, 3.05) is 13.1 Å². The quantitative estimate of drug-likeness (QED) is 0.820. The highest BCUT2D eigenvalue weighted by Gasteiger charge is 2.22. The molecule has 0 spiro atoms. The highest BCUT2D eigenvalue weighted by atomic mass is 16.4. The van der Waals surface area contributed by atoms with Gasteiger partial charge in [0.1, 0.15) is 5.75 Å². The molecule has 3 rings (SSSR count). The van der Waals surface area contributed by atoms with E-state index in [1.807, 2.05) is 0 Å². The number of phenols is 1. The van der Waals surface area contributed by atoms with E-state index in [4.69, 9.17) is 4.42 Å². The van der Waals surface area contributed by atoms with E-state index in [0.29, 0.717) is 17.7 Å². The van der Waals surface area contributed by atoms with Crippen LogP contribution in [0, 0.1) is 0 Å². The second kappa shape index (κ2) is 4.18. The van der Waals surface area contributed by atoms with Crippen LogP contribution in [0.4, 0.5) is 0 Å². The van der Waals surface area contributed by atoms with Gasteiger partial charge in [-0.2, -0.15) is 0 Å². The van der Waals surface area contributed by atoms with Crippen molar-refractivity contribution in [1.82, 2.24) is 15.5 Å². The molecule has 1 aliphatic heterocycles. The number of hydrogen-bond acceptors (Lipinski definition) is 5. The molecule has 1 unspecified atom stereocenters. The summed E-state index contributed by atoms with van der Waals surface area (Å²) in [5.74, 6) is 1.76. The lowest BCUT2D eigenvalue weighted by atomic mass is 10.1. The van der Waals surface area contributed by atoms with Gasteiger partial charge in [0.05, 0.1) is 5.92 Å². The molecule has 0 bridgehead atoms. The fourth-order valence-corrected chi connectivity index (χ4v) is 1.99. The molecule has 0 saturated carbocycles. The van der Waals surface area contributed by atoms with Crippen LogP contribution >= 0.6 is 0 Å². The summed E-state index contributed by atoms with van der Waals surface area (Å²) in [5, 5.41) is 20.6. The maximum atomic E-state index is 9.21. The SMILES string of the molecule is Oc1ccc(-c2nnc(C3CCNC3)o2)cc1. The van der Waals surface area contributed by atoms with Crippen LogP contribution in [0.3, 0.4) is 0 Å². The van der Waals surface area contributed by atoms with Gasteiger partial charge in [-0.3, -0.25) is 0 Å². The van der Waals surface area contributed by atoms with Gasteiger partial charge in [0.15, 0.2) is 0 Å². The molecule has 1 fully saturated rings. The van der Waals surface area contributed by atoms with Crippen LogP contribution in [0.1, 0.15) is 18.2 Å². The van der Waals surface area contributed by atoms with Crippen LogP contribution in [-0.2, 0) is 0 Å². The van der Waals surface area contributed by atoms with Crippen LogP contribution in [0.2, 0.25) is 0 Å². The summed E-state index contributed by atoms with van der Waals surface area (Å²) in [5.41, 5.74) is 0.826. The molecule has 1 aromatic carbocycles. The number of aromatic nitrogens is 2. The third-order valence-corrected chi connectivity index (χ3v) is 2.96. The number of nitrogens with zero attached hydrogens (tertiary/aromatic N) is 2. The molecule has 0 aliphatic carbocycles. The highest BCUT2D eigenvalue weighted by Crippen LogP contribution is 2.25. The van der Waals surface area contributed by atoms with Crippen molar-refractivity contribution in [3.63, 3.8) is 0 Å². The molecule has 1 aromatic heterocycles. The lowest BCUT2D eigenvalue weighted by Gasteiger charge is -2.00. The van der Waals surface area contributed by atoms with E-state index in [1.165, 1.54) is 0 Å². The number of rotatable bonds is 2. The number of phenolic OH excluding ortho intramolecular Hbond substituents is 1. The standard InChI is InChI=1S/C12H13N3O2/c16-10-3-1-8(2-4-10)11-14-15-12(17-11)9-5-6-13-7-9/h1-4,9,13,16H,5-7H2. The summed E-state index contributed by atoms with van der Waals surface area (Å²) < 4.78 is 5.65. The lowest BCUT2D eigenvalue weighted by molar-refractivity contribution is 0.466. The molecule has 17 heavy (non-hydrogen) atoms. The van der Waals surface area contributed by atoms with Gasteiger partial charge < -0.3 is 14.8 Å². The molecule has 2 N–H and O–H groups in total. The first-order valence-electron chi connectivity index (χ1n) is 5.66. The summed E-state index contributed by atoms with van der Waals surface area (Å²) in [6, 6.07) is 6.74. The Kier molecular flexibility index (Phi) is 2.53. The van der Waals surface area contributed by atoms with Crippen molar-refractivity contribution in [3.05, 3.63) is 30.2 Å². The highest BCUT2D eigenvalue weighted by molar-refractivity contribution is 5.53. The molecule has 1 atom stereocenters. The van der Waals surface area contributed by atoms with Gasteiger partial charge in [-0.15, -0.1) is 10.2 Å². The molecule has 1 saturated heterocycles. The average Bonchev–Trinajstić information content (AvgIpc) is 3.00. The fraction of sp³-hybridized carbons (Fsp3) is 0.333. The van der Waals surface area contributed by atoms with Crippen molar-refractivity contribution in [2.24, 2.45) is 0 Å². The molecular formula is C12H13N3O2. The van der Waals surface area contributed by atoms with Crippen LogP contribution in [0.25, 0.3) is 11.5 Å². The Morgan fingerprint density at radius 1 is 1.24 bits per heavy atom. The number of nitrogens with one attached hydrogen (secondary N) is 1. The minimum atomic E-state index is 0.230. The van der Waals surface area contributed by atoms with E-state index in [-0.39, 0.29) is 5.75 Å². The van der Waals surface area contributed by atoms with Gasteiger partial charge in [0.2, 0.25) is 11.8 Å². The van der Waals surface area contributed by atoms with E-state index in [0.717, 1.165) is 25.1 Å². The molecule has 0 amide bonds. The van der Waals surface area contributed by atoms with E-state index < -0.39 is 0 Å². The molecule has 88 valence electrons. The van der Waals surface area contributed by atoms with Crippen molar-refractivity contribution in [1.29, 1.82) is 0 Å². The summed E-state index contributed by atoms with van der Waals surface area (Å²) in [4.78, 5) is 0. The molecule has 5 heteroatoms. The predicted octanol–water partition coefficient (Wildman–Crippen LogP) is 1.52. The number of benzene rings is 1. The topological polar surface area (TPSA) is 71.2 Å². The third-order valence-electron chi connectivity index (χ3n) is 2.96. The molecule has 5 nitrogen and oxygen atoms in total. The smallest absolute Gasteiger partial charge is 0.247 e. The Bertz CT molecular complexity index is 501. The third kappa shape index (κ3) is 2.01. The zero-order valence-corrected chi connectivity index (χ0v) is 9.26. The number of hydrogen-bond donors (Lipinski definition) is 2. The molecule has 2 heterocycles. The van der Waals surface area contributed by atoms with Crippen LogP contribution in [0.5, 0.6) is 5.75 Å². The van der Waals surface area contributed by atoms with Gasteiger partial charge in [-0.25, -0.2) is 0 Å². The maximum Gasteiger partial charge on any atom is 0.247 e. The average molecular weight is 231 g/mol. The molecule has 1 aliphatic rings. The number of aromatic hydroxyl groups is 1. The van der Waals surface area contributed by atoms with Crippen molar-refractivity contribution >= 4 is 0 Å². The van der Waals surface area contributed by atoms with Crippen LogP contribution < -0.4 is 5.32 Å². The zero-order valence-electron chi connectivity index (χ0n) is 9.26. The normalized spacial score (nSPS) is 19.6. The van der Waals surface area contributed by atoms with E-state index in [2.05, 4.69) is 15.5 Å². The van der Waals surface area contributed by atoms with E-state index in [9.17, 15) is 5.11 Å². The zero-order chi connectivity index (χ0) is 11.7. The monoisotopic (exact) mass is 231 g/mol. The Morgan fingerprint density at radius 3 is 2.76 bits per heavy atom. The van der Waals surface area contributed by atoms with Crippen molar-refractivity contribution in [3.8, 4) is 17.2 Å². The first-order chi connectivity index (χ1) is 8.33. The van der Waals surface area contributed by atoms with Gasteiger partial charge in [0.25, 0.3) is 0 Å². The summed E-state index contributed by atoms with van der Waals surface area (Å²) in [6.07, 6.45) is 1.04. The molecule has 2 aromatic rings. The van der Waals surface area contributed by atoms with E-state index in [1.54, 1.807) is 24.3 Å². The Labute approximate surface area is 98.5 Å². The predicted molar refractivity (Wildman–Crippen MR) is 61.6 cm³/mol. The molecule has 0 radical (unpaired) electrons. The second-order valence-electron chi connectivity index (χ2n) is 4.18. The molecular weight excluding hydrogens is 218 g/mol. The minimum absolute atomic E-state index is 0.230. The van der Waals surface area contributed by atoms with E-state index >= 15 is 0 Å². The largest absolute Gasteiger partial charge is 0.508 e. The fourth-order valence-electron chi connectivity index (χ4n) is 1.99. The minimum Gasteiger partial charge on any atom is -0.508 e. The van der Waals surface area contributed by atoms with Gasteiger partial charge in [-0.1, -0.05) is 0 Å². The Morgan fingerprint density at radius 2 is 2.06 bits per heavy atom. The van der Waals surface area contributed by atoms with Crippen LogP contribution in [0.15, 0.2) is 28.7 Å². The van der Waals surface area contributed by atoms with Gasteiger partial charge >= 0.3 is 0 Å².